The van der Waals surface area contributed by atoms with E-state index in [1.807, 2.05) is 52.0 Å². The quantitative estimate of drug-likeness (QED) is 0.302. The molecule has 0 fully saturated rings. The molecule has 9 heteroatoms. The highest BCUT2D eigenvalue weighted by atomic mass is 32.3. The largest absolute Gasteiger partial charge is 0.493 e. The molecule has 0 saturated heterocycles. The second-order valence-electron chi connectivity index (χ2n) is 8.71. The molecule has 4 rings (SSSR count). The molecule has 0 amide bonds. The third-order valence-electron chi connectivity index (χ3n) is 6.16. The van der Waals surface area contributed by atoms with Crippen LogP contribution in [0.4, 0.5) is 0 Å². The molecule has 0 spiro atoms. The van der Waals surface area contributed by atoms with Crippen molar-refractivity contribution in [2.24, 2.45) is 0 Å². The van der Waals surface area contributed by atoms with E-state index in [0.29, 0.717) is 30.9 Å². The molecule has 0 atom stereocenters. The van der Waals surface area contributed by atoms with Gasteiger partial charge in [0.25, 0.3) is 5.56 Å². The van der Waals surface area contributed by atoms with E-state index in [-0.39, 0.29) is 9.77 Å². The summed E-state index contributed by atoms with van der Waals surface area (Å²) in [5.41, 5.74) is 5.41. The predicted molar refractivity (Wildman–Crippen MR) is 144 cm³/mol. The number of hydrogen-bond acceptors (Lipinski definition) is 6. The fraction of sp³-hybridized carbons (Fsp3) is 0.333. The van der Waals surface area contributed by atoms with Crippen LogP contribution in [0.25, 0.3) is 22.0 Å². The monoisotopic (exact) mass is 526 g/mol. The summed E-state index contributed by atoms with van der Waals surface area (Å²) in [5, 5.41) is 0.857. The first-order valence-corrected chi connectivity index (χ1v) is 14.2. The van der Waals surface area contributed by atoms with Crippen LogP contribution in [-0.2, 0) is 29.5 Å². The van der Waals surface area contributed by atoms with Crippen LogP contribution >= 0.6 is 11.3 Å². The maximum atomic E-state index is 13.2. The van der Waals surface area contributed by atoms with Gasteiger partial charge in [0, 0.05) is 22.2 Å². The van der Waals surface area contributed by atoms with Crippen LogP contribution in [0.2, 0.25) is 0 Å². The fourth-order valence-electron chi connectivity index (χ4n) is 4.55. The number of aryl methyl sites for hydroxylation is 4. The van der Waals surface area contributed by atoms with Gasteiger partial charge < -0.3 is 9.30 Å². The van der Waals surface area contributed by atoms with Crippen LogP contribution in [0.3, 0.4) is 0 Å². The molecular formula is C27H30N2O5S2. The summed E-state index contributed by atoms with van der Waals surface area (Å²) < 4.78 is 41.0. The molecule has 0 radical (unpaired) electrons. The molecule has 0 saturated carbocycles. The minimum absolute atomic E-state index is 0.0590. The first kappa shape index (κ1) is 26.1. The maximum absolute atomic E-state index is 13.2. The predicted octanol–water partition coefficient (Wildman–Crippen LogP) is 5.56. The fourth-order valence-corrected chi connectivity index (χ4v) is 6.56. The van der Waals surface area contributed by atoms with Gasteiger partial charge in [-0.25, -0.2) is 0 Å². The van der Waals surface area contributed by atoms with E-state index in [1.54, 1.807) is 17.6 Å². The van der Waals surface area contributed by atoms with Gasteiger partial charge in [-0.2, -0.15) is 8.42 Å². The number of aromatic nitrogens is 2. The highest BCUT2D eigenvalue weighted by Gasteiger charge is 2.22. The molecule has 1 aromatic carbocycles. The van der Waals surface area contributed by atoms with E-state index in [2.05, 4.69) is 0 Å². The normalized spacial score (nSPS) is 11.8. The van der Waals surface area contributed by atoms with Crippen molar-refractivity contribution in [3.05, 3.63) is 74.1 Å². The Bertz CT molecular complexity index is 1620. The van der Waals surface area contributed by atoms with Crippen molar-refractivity contribution in [1.29, 1.82) is 0 Å². The molecule has 3 heterocycles. The minimum Gasteiger partial charge on any atom is -0.493 e. The van der Waals surface area contributed by atoms with Crippen LogP contribution in [0.5, 0.6) is 5.75 Å². The first-order chi connectivity index (χ1) is 17.1. The molecule has 0 bridgehead atoms. The Kier molecular flexibility index (Phi) is 7.36. The van der Waals surface area contributed by atoms with E-state index in [1.165, 1.54) is 6.07 Å². The van der Waals surface area contributed by atoms with Gasteiger partial charge >= 0.3 is 10.1 Å². The zero-order chi connectivity index (χ0) is 26.2. The molecule has 0 unspecified atom stereocenters. The number of ether oxygens (including phenoxy) is 1. The molecule has 1 N–H and O–H groups in total. The van der Waals surface area contributed by atoms with Crippen molar-refractivity contribution < 1.29 is 17.7 Å². The van der Waals surface area contributed by atoms with Gasteiger partial charge in [-0.15, -0.1) is 11.3 Å². The Balaban J connectivity index is 1.85. The summed E-state index contributed by atoms with van der Waals surface area (Å²) in [4.78, 5) is 18.8. The third kappa shape index (κ3) is 4.96. The number of fused-ring (bicyclic) bond motifs is 1. The molecule has 4 aromatic rings. The summed E-state index contributed by atoms with van der Waals surface area (Å²) in [6.07, 6.45) is 1.46. The summed E-state index contributed by atoms with van der Waals surface area (Å²) >= 11 is 1.05. The number of rotatable bonds is 8. The van der Waals surface area contributed by atoms with Crippen molar-refractivity contribution >= 4 is 32.4 Å². The Morgan fingerprint density at radius 2 is 1.78 bits per heavy atom. The van der Waals surface area contributed by atoms with Gasteiger partial charge in [0.2, 0.25) is 0 Å². The van der Waals surface area contributed by atoms with Crippen LogP contribution in [0.15, 0.2) is 45.4 Å². The molecule has 7 nitrogen and oxygen atoms in total. The zero-order valence-corrected chi connectivity index (χ0v) is 22.7. The lowest BCUT2D eigenvalue weighted by atomic mass is 10.00. The Labute approximate surface area is 215 Å². The summed E-state index contributed by atoms with van der Waals surface area (Å²) in [6.45, 7) is 10.5. The molecule has 0 aliphatic carbocycles. The summed E-state index contributed by atoms with van der Waals surface area (Å²) in [7, 11) is -4.33. The van der Waals surface area contributed by atoms with Crippen LogP contribution < -0.4 is 10.3 Å². The number of thiophene rings is 1. The average molecular weight is 527 g/mol. The second-order valence-corrected chi connectivity index (χ2v) is 11.6. The molecule has 0 aliphatic heterocycles. The van der Waals surface area contributed by atoms with E-state index >= 15 is 0 Å². The highest BCUT2D eigenvalue weighted by Crippen LogP contribution is 2.37. The molecular weight excluding hydrogens is 496 g/mol. The molecule has 190 valence electrons. The van der Waals surface area contributed by atoms with Crippen molar-refractivity contribution in [3.8, 4) is 16.9 Å². The SMILES string of the molecule is CCOc1cc(=O)n(Cc2ccc(-c3cc(C)sc3S(=O)(=O)O)c(C)c2)c2cc(CC)nc(CC)c12. The van der Waals surface area contributed by atoms with Crippen molar-refractivity contribution in [2.75, 3.05) is 6.61 Å². The third-order valence-corrected chi connectivity index (χ3v) is 8.57. The molecule has 0 aliphatic rings. The highest BCUT2D eigenvalue weighted by molar-refractivity contribution is 7.88. The lowest BCUT2D eigenvalue weighted by Crippen LogP contribution is -2.22. The van der Waals surface area contributed by atoms with Gasteiger partial charge in [-0.05, 0) is 62.4 Å². The summed E-state index contributed by atoms with van der Waals surface area (Å²) in [5.74, 6) is 0.554. The van der Waals surface area contributed by atoms with E-state index < -0.39 is 10.1 Å². The molecule has 3 aromatic heterocycles. The second kappa shape index (κ2) is 10.2. The maximum Gasteiger partial charge on any atom is 0.304 e. The summed E-state index contributed by atoms with van der Waals surface area (Å²) in [6, 6.07) is 11.0. The zero-order valence-electron chi connectivity index (χ0n) is 21.1. The number of benzene rings is 1. The Hall–Kier alpha value is -3.01. The standard InChI is InChI=1S/C27H30N2O5S2/c1-6-19-13-23-26(22(7-2)28-19)24(34-8-3)14-25(30)29(23)15-18-9-10-20(16(4)11-18)21-12-17(5)35-27(21)36(31,32)33/h9-14H,6-8,15H2,1-5H3,(H,31,32,33). The van der Waals surface area contributed by atoms with Crippen LogP contribution in [-0.4, -0.2) is 29.1 Å². The smallest absolute Gasteiger partial charge is 0.304 e. The minimum atomic E-state index is -4.33. The van der Waals surface area contributed by atoms with Gasteiger partial charge in [0.1, 0.15) is 5.75 Å². The molecule has 36 heavy (non-hydrogen) atoms. The lowest BCUT2D eigenvalue weighted by Gasteiger charge is -2.17. The van der Waals surface area contributed by atoms with Gasteiger partial charge in [-0.1, -0.05) is 32.0 Å². The van der Waals surface area contributed by atoms with Crippen molar-refractivity contribution in [3.63, 3.8) is 0 Å². The van der Waals surface area contributed by atoms with Gasteiger partial charge in [0.05, 0.1) is 29.7 Å². The number of pyridine rings is 2. The van der Waals surface area contributed by atoms with E-state index in [4.69, 9.17) is 9.72 Å². The van der Waals surface area contributed by atoms with Crippen molar-refractivity contribution in [2.45, 2.75) is 58.2 Å². The Morgan fingerprint density at radius 1 is 1.03 bits per heavy atom. The van der Waals surface area contributed by atoms with Crippen LogP contribution in [0, 0.1) is 13.8 Å². The lowest BCUT2D eigenvalue weighted by molar-refractivity contribution is 0.343. The van der Waals surface area contributed by atoms with Gasteiger partial charge in [0.15, 0.2) is 4.21 Å². The topological polar surface area (TPSA) is 98.5 Å². The number of nitrogens with zero attached hydrogens (tertiary/aromatic N) is 2. The van der Waals surface area contributed by atoms with Gasteiger partial charge in [-0.3, -0.25) is 14.3 Å². The van der Waals surface area contributed by atoms with Crippen molar-refractivity contribution in [1.82, 2.24) is 9.55 Å². The first-order valence-electron chi connectivity index (χ1n) is 11.9. The number of hydrogen-bond donors (Lipinski definition) is 1. The van der Waals surface area contributed by atoms with E-state index in [0.717, 1.165) is 61.6 Å². The Morgan fingerprint density at radius 3 is 2.39 bits per heavy atom. The van der Waals surface area contributed by atoms with Crippen LogP contribution in [0.1, 0.15) is 48.2 Å². The van der Waals surface area contributed by atoms with E-state index in [9.17, 15) is 17.8 Å². The average Bonchev–Trinajstić information content (AvgIpc) is 3.22.